The fourth-order valence-corrected chi connectivity index (χ4v) is 1.94. The van der Waals surface area contributed by atoms with Crippen molar-refractivity contribution in [1.82, 2.24) is 9.97 Å². The summed E-state index contributed by atoms with van der Waals surface area (Å²) < 4.78 is 10.5. The number of hydrogen-bond donors (Lipinski definition) is 2. The van der Waals surface area contributed by atoms with Crippen LogP contribution in [0.25, 0.3) is 0 Å². The van der Waals surface area contributed by atoms with Gasteiger partial charge in [-0.25, -0.2) is 4.98 Å². The normalized spacial score (nSPS) is 19.6. The number of aromatic nitrogens is 2. The van der Waals surface area contributed by atoms with E-state index in [2.05, 4.69) is 9.97 Å². The van der Waals surface area contributed by atoms with Crippen LogP contribution in [0.2, 0.25) is 0 Å². The molecule has 2 heterocycles. The highest BCUT2D eigenvalue weighted by Crippen LogP contribution is 2.22. The number of rotatable bonds is 3. The van der Waals surface area contributed by atoms with Crippen LogP contribution in [0, 0.1) is 0 Å². The third kappa shape index (κ3) is 2.44. The summed E-state index contributed by atoms with van der Waals surface area (Å²) >= 11 is 4.91. The Balaban J connectivity index is 2.28. The lowest BCUT2D eigenvalue weighted by Crippen LogP contribution is -2.48. The first-order valence-corrected chi connectivity index (χ1v) is 5.82. The van der Waals surface area contributed by atoms with Crippen molar-refractivity contribution < 1.29 is 9.47 Å². The van der Waals surface area contributed by atoms with Crippen LogP contribution in [0.5, 0.6) is 5.75 Å². The Kier molecular flexibility index (Phi) is 3.78. The van der Waals surface area contributed by atoms with Gasteiger partial charge in [-0.05, 0) is 0 Å². The first-order chi connectivity index (χ1) is 8.63. The Morgan fingerprint density at radius 1 is 1.78 bits per heavy atom. The van der Waals surface area contributed by atoms with Crippen LogP contribution < -0.4 is 20.9 Å². The van der Waals surface area contributed by atoms with Crippen molar-refractivity contribution in [1.29, 1.82) is 0 Å². The number of morpholine rings is 1. The van der Waals surface area contributed by atoms with Crippen LogP contribution in [0.3, 0.4) is 0 Å². The molecular weight excluding hydrogens is 256 g/mol. The molecule has 18 heavy (non-hydrogen) atoms. The van der Waals surface area contributed by atoms with Gasteiger partial charge in [0.05, 0.1) is 26.6 Å². The fourth-order valence-electron chi connectivity index (χ4n) is 1.80. The molecule has 1 saturated heterocycles. The number of ether oxygens (including phenoxy) is 2. The summed E-state index contributed by atoms with van der Waals surface area (Å²) in [5.41, 5.74) is 5.25. The van der Waals surface area contributed by atoms with E-state index in [4.69, 9.17) is 27.4 Å². The van der Waals surface area contributed by atoms with Gasteiger partial charge >= 0.3 is 0 Å². The molecule has 7 nitrogen and oxygen atoms in total. The second-order valence-corrected chi connectivity index (χ2v) is 4.27. The van der Waals surface area contributed by atoms with E-state index >= 15 is 0 Å². The average Bonchev–Trinajstić information content (AvgIpc) is 2.38. The molecule has 1 aliphatic rings. The van der Waals surface area contributed by atoms with Crippen molar-refractivity contribution in [2.75, 3.05) is 31.7 Å². The molecule has 1 atom stereocenters. The zero-order valence-electron chi connectivity index (χ0n) is 9.88. The SMILES string of the molecule is COc1c(N2CCOC(C(N)=S)C2)nc[nH]c1=O. The smallest absolute Gasteiger partial charge is 0.295 e. The van der Waals surface area contributed by atoms with E-state index in [1.165, 1.54) is 13.4 Å². The molecule has 1 unspecified atom stereocenters. The average molecular weight is 270 g/mol. The molecule has 0 amide bonds. The van der Waals surface area contributed by atoms with Gasteiger partial charge in [0.25, 0.3) is 5.56 Å². The van der Waals surface area contributed by atoms with Crippen LogP contribution in [0.15, 0.2) is 11.1 Å². The molecule has 2 rings (SSSR count). The lowest BCUT2D eigenvalue weighted by molar-refractivity contribution is 0.0841. The standard InChI is InChI=1S/C10H14N4O3S/c1-16-7-9(12-5-13-10(7)15)14-2-3-17-6(4-14)8(11)18/h5-6H,2-4H2,1H3,(H2,11,18)(H,12,13,15). The number of methoxy groups -OCH3 is 1. The van der Waals surface area contributed by atoms with E-state index in [0.717, 1.165) is 0 Å². The van der Waals surface area contributed by atoms with E-state index < -0.39 is 0 Å². The molecule has 8 heteroatoms. The molecule has 0 radical (unpaired) electrons. The first-order valence-electron chi connectivity index (χ1n) is 5.41. The Bertz CT molecular complexity index is 504. The highest BCUT2D eigenvalue weighted by molar-refractivity contribution is 7.80. The van der Waals surface area contributed by atoms with Gasteiger partial charge in [-0.2, -0.15) is 0 Å². The number of hydrogen-bond acceptors (Lipinski definition) is 6. The Hall–Kier alpha value is -1.67. The van der Waals surface area contributed by atoms with Gasteiger partial charge in [-0.3, -0.25) is 4.79 Å². The van der Waals surface area contributed by atoms with Crippen molar-refractivity contribution in [3.63, 3.8) is 0 Å². The number of H-pyrrole nitrogens is 1. The summed E-state index contributed by atoms with van der Waals surface area (Å²) in [5, 5.41) is 0. The Morgan fingerprint density at radius 2 is 2.56 bits per heavy atom. The molecule has 1 fully saturated rings. The number of nitrogens with two attached hydrogens (primary N) is 1. The quantitative estimate of drug-likeness (QED) is 0.699. The number of aromatic amines is 1. The van der Waals surface area contributed by atoms with E-state index in [1.807, 2.05) is 4.90 Å². The van der Waals surface area contributed by atoms with E-state index in [0.29, 0.717) is 30.5 Å². The van der Waals surface area contributed by atoms with Crippen molar-refractivity contribution in [3.8, 4) is 5.75 Å². The van der Waals surface area contributed by atoms with Gasteiger partial charge in [-0.15, -0.1) is 0 Å². The number of anilines is 1. The molecule has 0 saturated carbocycles. The number of thiocarbonyl (C=S) groups is 1. The molecule has 1 aliphatic heterocycles. The van der Waals surface area contributed by atoms with Crippen LogP contribution in [-0.2, 0) is 4.74 Å². The Morgan fingerprint density at radius 3 is 3.22 bits per heavy atom. The largest absolute Gasteiger partial charge is 0.489 e. The second-order valence-electron chi connectivity index (χ2n) is 3.80. The first kappa shape index (κ1) is 12.8. The summed E-state index contributed by atoms with van der Waals surface area (Å²) in [7, 11) is 1.43. The van der Waals surface area contributed by atoms with Crippen LogP contribution in [0.1, 0.15) is 0 Å². The van der Waals surface area contributed by atoms with Gasteiger partial charge < -0.3 is 25.1 Å². The van der Waals surface area contributed by atoms with Crippen LogP contribution >= 0.6 is 12.2 Å². The van der Waals surface area contributed by atoms with Crippen molar-refractivity contribution in [2.45, 2.75) is 6.10 Å². The van der Waals surface area contributed by atoms with Gasteiger partial charge in [-0.1, -0.05) is 12.2 Å². The molecule has 0 aliphatic carbocycles. The predicted octanol–water partition coefficient (Wildman–Crippen LogP) is -0.730. The predicted molar refractivity (Wildman–Crippen MR) is 70.1 cm³/mol. The van der Waals surface area contributed by atoms with Gasteiger partial charge in [0, 0.05) is 6.54 Å². The maximum Gasteiger partial charge on any atom is 0.295 e. The van der Waals surface area contributed by atoms with Crippen molar-refractivity contribution in [3.05, 3.63) is 16.7 Å². The molecule has 98 valence electrons. The van der Waals surface area contributed by atoms with Gasteiger partial charge in [0.2, 0.25) is 5.75 Å². The topological polar surface area (TPSA) is 93.5 Å². The molecule has 1 aromatic rings. The summed E-state index contributed by atoms with van der Waals surface area (Å²) in [6.07, 6.45) is 1.00. The van der Waals surface area contributed by atoms with Crippen molar-refractivity contribution in [2.24, 2.45) is 5.73 Å². The molecule has 0 bridgehead atoms. The maximum absolute atomic E-state index is 11.6. The number of nitrogens with zero attached hydrogens (tertiary/aromatic N) is 2. The van der Waals surface area contributed by atoms with Gasteiger partial charge in [0.15, 0.2) is 5.82 Å². The summed E-state index contributed by atoms with van der Waals surface area (Å²) in [6, 6.07) is 0. The molecule has 0 spiro atoms. The van der Waals surface area contributed by atoms with E-state index in [9.17, 15) is 4.79 Å². The molecule has 3 N–H and O–H groups in total. The van der Waals surface area contributed by atoms with E-state index in [1.54, 1.807) is 0 Å². The number of nitrogens with one attached hydrogen (secondary N) is 1. The molecular formula is C10H14N4O3S. The zero-order valence-corrected chi connectivity index (χ0v) is 10.7. The Labute approximate surface area is 109 Å². The third-order valence-electron chi connectivity index (χ3n) is 2.68. The van der Waals surface area contributed by atoms with Crippen molar-refractivity contribution >= 4 is 23.0 Å². The minimum atomic E-state index is -0.334. The zero-order chi connectivity index (χ0) is 13.1. The van der Waals surface area contributed by atoms with Crippen LogP contribution in [0.4, 0.5) is 5.82 Å². The highest BCUT2D eigenvalue weighted by Gasteiger charge is 2.26. The summed E-state index contributed by atoms with van der Waals surface area (Å²) in [5.74, 6) is 0.659. The summed E-state index contributed by atoms with van der Waals surface area (Å²) in [6.45, 7) is 1.54. The lowest BCUT2D eigenvalue weighted by Gasteiger charge is -2.33. The second kappa shape index (κ2) is 5.32. The maximum atomic E-state index is 11.6. The third-order valence-corrected chi connectivity index (χ3v) is 2.94. The molecule has 0 aromatic carbocycles. The molecule has 1 aromatic heterocycles. The minimum Gasteiger partial charge on any atom is -0.489 e. The fraction of sp³-hybridized carbons (Fsp3) is 0.500. The lowest BCUT2D eigenvalue weighted by atomic mass is 10.2. The summed E-state index contributed by atoms with van der Waals surface area (Å²) in [4.78, 5) is 20.4. The van der Waals surface area contributed by atoms with E-state index in [-0.39, 0.29) is 17.4 Å². The highest BCUT2D eigenvalue weighted by atomic mass is 32.1. The van der Waals surface area contributed by atoms with Gasteiger partial charge in [0.1, 0.15) is 11.1 Å². The van der Waals surface area contributed by atoms with Crippen LogP contribution in [-0.4, -0.2) is 47.9 Å². The monoisotopic (exact) mass is 270 g/mol. The minimum absolute atomic E-state index is 0.182.